The van der Waals surface area contributed by atoms with Gasteiger partial charge in [-0.1, -0.05) is 35.9 Å². The Bertz CT molecular complexity index is 790. The molecule has 1 saturated carbocycles. The minimum atomic E-state index is -1.05. The molecule has 0 spiro atoms. The minimum absolute atomic E-state index is 0.00182. The summed E-state index contributed by atoms with van der Waals surface area (Å²) in [6.45, 7) is 6.11. The van der Waals surface area contributed by atoms with Gasteiger partial charge in [0.2, 0.25) is 0 Å². The summed E-state index contributed by atoms with van der Waals surface area (Å²) in [5, 5.41) is 21.3. The Morgan fingerprint density at radius 2 is 2.03 bits per heavy atom. The van der Waals surface area contributed by atoms with E-state index in [0.29, 0.717) is 24.3 Å². The molecule has 0 amide bonds. The van der Waals surface area contributed by atoms with E-state index in [-0.39, 0.29) is 18.5 Å². The molecule has 0 unspecified atom stereocenters. The highest BCUT2D eigenvalue weighted by Crippen LogP contribution is 2.54. The summed E-state index contributed by atoms with van der Waals surface area (Å²) >= 11 is 1.63. The van der Waals surface area contributed by atoms with Crippen LogP contribution >= 0.6 is 11.8 Å². The second-order valence-electron chi connectivity index (χ2n) is 8.93. The fourth-order valence-electron chi connectivity index (χ4n) is 4.73. The summed E-state index contributed by atoms with van der Waals surface area (Å²) in [6, 6.07) is 7.79. The molecule has 166 valence electrons. The van der Waals surface area contributed by atoms with E-state index in [9.17, 15) is 15.0 Å². The largest absolute Gasteiger partial charge is 0.392 e. The van der Waals surface area contributed by atoms with Crippen molar-refractivity contribution in [2.24, 2.45) is 5.92 Å². The van der Waals surface area contributed by atoms with E-state index < -0.39 is 23.2 Å². The van der Waals surface area contributed by atoms with Crippen LogP contribution in [0.15, 0.2) is 35.9 Å². The monoisotopic (exact) mass is 434 g/mol. The van der Waals surface area contributed by atoms with Crippen molar-refractivity contribution in [3.05, 3.63) is 47.0 Å². The van der Waals surface area contributed by atoms with E-state index >= 15 is 0 Å². The maximum absolute atomic E-state index is 12.6. The van der Waals surface area contributed by atoms with Crippen molar-refractivity contribution in [3.63, 3.8) is 0 Å². The molecule has 2 aliphatic rings. The summed E-state index contributed by atoms with van der Waals surface area (Å²) in [7, 11) is 1.54. The zero-order valence-corrected chi connectivity index (χ0v) is 19.2. The quantitative estimate of drug-likeness (QED) is 0.456. The fraction of sp³-hybridized carbons (Fsp3) is 0.625. The topological polar surface area (TPSA) is 79.3 Å². The number of hydrogen-bond donors (Lipinski definition) is 2. The second kappa shape index (κ2) is 9.53. The lowest BCUT2D eigenvalue weighted by Crippen LogP contribution is -2.59. The Morgan fingerprint density at radius 1 is 1.33 bits per heavy atom. The molecule has 0 bridgehead atoms. The molecule has 3 rings (SSSR count). The Morgan fingerprint density at radius 3 is 2.67 bits per heavy atom. The van der Waals surface area contributed by atoms with Crippen molar-refractivity contribution in [3.8, 4) is 0 Å². The van der Waals surface area contributed by atoms with E-state index in [4.69, 9.17) is 9.47 Å². The highest BCUT2D eigenvalue weighted by atomic mass is 32.2. The number of thioether (sulfide) groups is 1. The minimum Gasteiger partial charge on any atom is -0.392 e. The van der Waals surface area contributed by atoms with E-state index in [2.05, 4.69) is 19.9 Å². The lowest BCUT2D eigenvalue weighted by atomic mass is 9.67. The summed E-state index contributed by atoms with van der Waals surface area (Å²) in [5.41, 5.74) is 1.56. The van der Waals surface area contributed by atoms with Gasteiger partial charge in [-0.05, 0) is 44.7 Å². The van der Waals surface area contributed by atoms with Crippen LogP contribution in [0.5, 0.6) is 0 Å². The van der Waals surface area contributed by atoms with Gasteiger partial charge >= 0.3 is 0 Å². The first kappa shape index (κ1) is 23.5. The number of methoxy groups -OCH3 is 1. The number of hydrogen-bond acceptors (Lipinski definition) is 6. The number of carbonyl (C=O) groups is 1. The molecule has 1 saturated heterocycles. The van der Waals surface area contributed by atoms with Gasteiger partial charge in [-0.25, -0.2) is 0 Å². The normalized spacial score (nSPS) is 33.4. The number of aliphatic hydroxyl groups excluding tert-OH is 1. The Kier molecular flexibility index (Phi) is 7.46. The van der Waals surface area contributed by atoms with Crippen molar-refractivity contribution in [2.45, 2.75) is 75.8 Å². The van der Waals surface area contributed by atoms with Gasteiger partial charge in [-0.2, -0.15) is 11.8 Å². The highest BCUT2D eigenvalue weighted by Gasteiger charge is 2.67. The summed E-state index contributed by atoms with van der Waals surface area (Å²) in [4.78, 5) is 12.6. The first-order valence-corrected chi connectivity index (χ1v) is 11.7. The lowest BCUT2D eigenvalue weighted by Gasteiger charge is -2.45. The smallest absolute Gasteiger partial charge is 0.162 e. The van der Waals surface area contributed by atoms with Crippen LogP contribution < -0.4 is 0 Å². The molecule has 0 radical (unpaired) electrons. The predicted molar refractivity (Wildman–Crippen MR) is 119 cm³/mol. The third kappa shape index (κ3) is 4.83. The number of rotatable bonds is 9. The number of carbonyl (C=O) groups excluding carboxylic acids is 1. The van der Waals surface area contributed by atoms with Gasteiger partial charge in [0.1, 0.15) is 11.7 Å². The summed E-state index contributed by atoms with van der Waals surface area (Å²) < 4.78 is 11.7. The number of ether oxygens (including phenoxy) is 2. The zero-order valence-electron chi connectivity index (χ0n) is 18.4. The number of aliphatic hydroxyl groups is 2. The average Bonchev–Trinajstić information content (AvgIpc) is 3.39. The van der Waals surface area contributed by atoms with Crippen LogP contribution in [-0.2, 0) is 26.6 Å². The molecular weight excluding hydrogens is 400 g/mol. The Balaban J connectivity index is 1.76. The van der Waals surface area contributed by atoms with E-state index in [1.54, 1.807) is 18.9 Å². The summed E-state index contributed by atoms with van der Waals surface area (Å²) in [5.74, 6) is 0.808. The molecule has 0 aromatic heterocycles. The predicted octanol–water partition coefficient (Wildman–Crippen LogP) is 3.65. The van der Waals surface area contributed by atoms with E-state index in [1.807, 2.05) is 31.2 Å². The van der Waals surface area contributed by atoms with Gasteiger partial charge in [0.15, 0.2) is 5.78 Å². The third-order valence-electron chi connectivity index (χ3n) is 6.49. The Labute approximate surface area is 183 Å². The SMILES string of the molecule is CO[C@@H]1C(=O)CC[C@](O)(CSCc2ccccc2CO)[C@H]1[C@@]1(C)O[C@@H]1CC=C(C)C. The molecule has 1 aromatic carbocycles. The van der Waals surface area contributed by atoms with Gasteiger partial charge in [0.25, 0.3) is 0 Å². The van der Waals surface area contributed by atoms with Crippen molar-refractivity contribution in [2.75, 3.05) is 12.9 Å². The van der Waals surface area contributed by atoms with Crippen molar-refractivity contribution >= 4 is 17.5 Å². The molecule has 1 heterocycles. The number of allylic oxidation sites excluding steroid dienone is 1. The maximum atomic E-state index is 12.6. The molecule has 6 heteroatoms. The molecule has 1 aliphatic heterocycles. The number of ketones is 1. The fourth-order valence-corrected chi connectivity index (χ4v) is 6.01. The van der Waals surface area contributed by atoms with Gasteiger partial charge in [0.05, 0.1) is 24.2 Å². The molecule has 2 N–H and O–H groups in total. The van der Waals surface area contributed by atoms with Crippen LogP contribution in [0.4, 0.5) is 0 Å². The van der Waals surface area contributed by atoms with Crippen LogP contribution in [0, 0.1) is 5.92 Å². The third-order valence-corrected chi connectivity index (χ3v) is 7.71. The number of Topliss-reactive ketones (excluding diaryl/α,β-unsaturated/α-hetero) is 1. The molecular formula is C24H34O5S. The van der Waals surface area contributed by atoms with E-state index in [0.717, 1.165) is 17.5 Å². The van der Waals surface area contributed by atoms with Gasteiger partial charge in [-0.3, -0.25) is 4.79 Å². The van der Waals surface area contributed by atoms with Gasteiger partial charge < -0.3 is 19.7 Å². The maximum Gasteiger partial charge on any atom is 0.162 e. The van der Waals surface area contributed by atoms with Crippen LogP contribution in [0.25, 0.3) is 0 Å². The lowest BCUT2D eigenvalue weighted by molar-refractivity contribution is -0.159. The molecule has 1 aromatic rings. The standard InChI is InChI=1S/C24H34O5S/c1-16(2)9-10-20-23(3,29-20)22-21(28-4)19(26)11-12-24(22,27)15-30-14-18-8-6-5-7-17(18)13-25/h5-9,20-22,25,27H,10-15H2,1-4H3/t20-,21-,22-,23+,24+/m1/s1. The van der Waals surface area contributed by atoms with E-state index in [1.165, 1.54) is 5.57 Å². The van der Waals surface area contributed by atoms with Crippen LogP contribution in [-0.4, -0.2) is 52.3 Å². The molecule has 5 atom stereocenters. The highest BCUT2D eigenvalue weighted by molar-refractivity contribution is 7.98. The van der Waals surface area contributed by atoms with Gasteiger partial charge in [-0.15, -0.1) is 0 Å². The molecule has 5 nitrogen and oxygen atoms in total. The molecule has 1 aliphatic carbocycles. The zero-order chi connectivity index (χ0) is 21.9. The van der Waals surface area contributed by atoms with Crippen molar-refractivity contribution in [1.29, 1.82) is 0 Å². The first-order valence-electron chi connectivity index (χ1n) is 10.6. The number of benzene rings is 1. The van der Waals surface area contributed by atoms with Crippen LogP contribution in [0.1, 0.15) is 51.2 Å². The van der Waals surface area contributed by atoms with Crippen LogP contribution in [0.3, 0.4) is 0 Å². The summed E-state index contributed by atoms with van der Waals surface area (Å²) in [6.07, 6.45) is 2.96. The van der Waals surface area contributed by atoms with Crippen LogP contribution in [0.2, 0.25) is 0 Å². The number of epoxide rings is 1. The second-order valence-corrected chi connectivity index (χ2v) is 9.92. The average molecular weight is 435 g/mol. The molecule has 2 fully saturated rings. The van der Waals surface area contributed by atoms with Gasteiger partial charge in [0, 0.05) is 25.0 Å². The van der Waals surface area contributed by atoms with Crippen molar-refractivity contribution in [1.82, 2.24) is 0 Å². The Hall–Kier alpha value is -1.18. The first-order chi connectivity index (χ1) is 14.2. The van der Waals surface area contributed by atoms with Crippen molar-refractivity contribution < 1.29 is 24.5 Å². The molecule has 30 heavy (non-hydrogen) atoms.